The molecule has 6 aliphatic heterocycles. The number of fused-ring (bicyclic) bond motifs is 6. The monoisotopic (exact) mass is 1050 g/mol. The number of imide groups is 2. The van der Waals surface area contributed by atoms with Gasteiger partial charge in [0.25, 0.3) is 11.8 Å². The number of amides is 6. The third kappa shape index (κ3) is 11.8. The lowest BCUT2D eigenvalue weighted by atomic mass is 9.72. The van der Waals surface area contributed by atoms with Crippen LogP contribution in [0.3, 0.4) is 0 Å². The van der Waals surface area contributed by atoms with E-state index in [0.29, 0.717) is 80.0 Å². The van der Waals surface area contributed by atoms with Crippen LogP contribution in [0.5, 0.6) is 5.75 Å². The molecule has 6 bridgehead atoms. The highest BCUT2D eigenvalue weighted by Gasteiger charge is 2.63. The lowest BCUT2D eigenvalue weighted by Gasteiger charge is -2.59. The largest absolute Gasteiger partial charge is 0.495 e. The summed E-state index contributed by atoms with van der Waals surface area (Å²) in [5.74, 6) is -2.73. The van der Waals surface area contributed by atoms with E-state index < -0.39 is 88.1 Å². The van der Waals surface area contributed by atoms with Gasteiger partial charge in [0.15, 0.2) is 5.72 Å². The summed E-state index contributed by atoms with van der Waals surface area (Å²) < 4.78 is 30.0. The van der Waals surface area contributed by atoms with Gasteiger partial charge in [0.2, 0.25) is 17.7 Å². The van der Waals surface area contributed by atoms with Crippen molar-refractivity contribution in [3.8, 4) is 5.75 Å². The molecule has 0 spiro atoms. The molecule has 7 atom stereocenters. The first-order valence-corrected chi connectivity index (χ1v) is 26.7. The fourth-order valence-electron chi connectivity index (χ4n) is 11.6. The highest BCUT2D eigenvalue weighted by Crippen LogP contribution is 2.51. The molecule has 21 heteroatoms. The topological polar surface area (TPSA) is 234 Å². The summed E-state index contributed by atoms with van der Waals surface area (Å²) in [5.41, 5.74) is -2.12. The van der Waals surface area contributed by atoms with Crippen molar-refractivity contribution in [3.05, 3.63) is 46.5 Å². The Morgan fingerprint density at radius 2 is 1.52 bits per heavy atom. The number of carbonyl (C=O) groups excluding carboxylic acids is 8. The molecule has 4 saturated heterocycles. The number of hydroxylamine groups is 2. The maximum absolute atomic E-state index is 14.4. The van der Waals surface area contributed by atoms with Crippen molar-refractivity contribution in [1.82, 2.24) is 15.3 Å². The minimum absolute atomic E-state index is 0.0187. The number of rotatable bonds is 11. The van der Waals surface area contributed by atoms with Crippen molar-refractivity contribution < 1.29 is 72.0 Å². The number of alkyl carbamates (subject to hydrolysis) is 1. The van der Waals surface area contributed by atoms with E-state index in [4.69, 9.17) is 40.1 Å². The van der Waals surface area contributed by atoms with Crippen LogP contribution in [0.15, 0.2) is 35.9 Å². The van der Waals surface area contributed by atoms with Gasteiger partial charge in [-0.25, -0.2) is 9.59 Å². The van der Waals surface area contributed by atoms with Crippen LogP contribution < -0.4 is 15.0 Å². The Morgan fingerprint density at radius 1 is 0.877 bits per heavy atom. The molecule has 73 heavy (non-hydrogen) atoms. The fourth-order valence-corrected chi connectivity index (χ4v) is 13.3. The molecule has 9 rings (SSSR count). The molecule has 6 heterocycles. The maximum Gasteiger partial charge on any atom is 0.409 e. The minimum atomic E-state index is -1.87. The zero-order valence-electron chi connectivity index (χ0n) is 42.3. The van der Waals surface area contributed by atoms with Crippen LogP contribution in [0.2, 0.25) is 5.02 Å². The normalized spacial score (nSPS) is 35.4. The van der Waals surface area contributed by atoms with Crippen molar-refractivity contribution in [3.63, 3.8) is 0 Å². The molecule has 6 amide bonds. The summed E-state index contributed by atoms with van der Waals surface area (Å²) in [7, 11) is 4.52. The second kappa shape index (κ2) is 22.1. The lowest BCUT2D eigenvalue weighted by molar-refractivity contribution is -0.328. The number of thioether (sulfide) groups is 1. The number of benzene rings is 1. The van der Waals surface area contributed by atoms with Crippen molar-refractivity contribution in [2.75, 3.05) is 38.5 Å². The zero-order valence-corrected chi connectivity index (χ0v) is 43.9. The fraction of sp³-hybridized carbons (Fsp3) is 0.654. The molecule has 1 aromatic rings. The van der Waals surface area contributed by atoms with Crippen LogP contribution in [0.1, 0.15) is 116 Å². The van der Waals surface area contributed by atoms with Crippen LogP contribution in [0.25, 0.3) is 0 Å². The summed E-state index contributed by atoms with van der Waals surface area (Å²) in [6.45, 7) is 5.70. The Labute approximate surface area is 434 Å². The highest BCUT2D eigenvalue weighted by atomic mass is 35.5. The lowest BCUT2D eigenvalue weighted by Crippen LogP contribution is -2.72. The molecule has 2 N–H and O–H groups in total. The molecular weight excluding hydrogens is 988 g/mol. The molecular formula is C52H67ClN4O15S. The number of nitrogens with zero attached hydrogens (tertiary/aromatic N) is 3. The zero-order chi connectivity index (χ0) is 52.6. The van der Waals surface area contributed by atoms with Gasteiger partial charge < -0.3 is 38.5 Å². The second-order valence-corrected chi connectivity index (χ2v) is 22.9. The van der Waals surface area contributed by atoms with Gasteiger partial charge in [-0.15, -0.1) is 16.8 Å². The van der Waals surface area contributed by atoms with Gasteiger partial charge in [-0.1, -0.05) is 35.4 Å². The van der Waals surface area contributed by atoms with Crippen LogP contribution in [0, 0.1) is 23.7 Å². The number of esters is 1. The highest BCUT2D eigenvalue weighted by molar-refractivity contribution is 8.00. The number of likely N-dealkylation sites (tertiary alicyclic amines) is 1. The number of nitrogens with one attached hydrogen (secondary N) is 1. The number of anilines is 1. The van der Waals surface area contributed by atoms with Crippen LogP contribution in [0.4, 0.5) is 10.5 Å². The van der Waals surface area contributed by atoms with Gasteiger partial charge in [0, 0.05) is 52.8 Å². The Hall–Kier alpha value is -5.02. The van der Waals surface area contributed by atoms with Crippen LogP contribution in [-0.4, -0.2) is 137 Å². The van der Waals surface area contributed by atoms with E-state index in [0.717, 1.165) is 11.1 Å². The number of methoxy groups -OCH3 is 2. The van der Waals surface area contributed by atoms with E-state index in [1.807, 2.05) is 19.1 Å². The minimum Gasteiger partial charge on any atom is -0.495 e. The number of carbonyl (C=O) groups is 8. The SMILES string of the molecule is COc1cc2cc(c1Cl)N(C)C(=O)C[C@H](OC(=O)C1CCC(CSC3CC(=O)N(CC4CCC(C(=O)ON5C(=O)CCC5=O)CC4)C3=O)CC1)[C@@]1(C)CC(C)(O1)C1C[C@@](O)(NC(=O)O1)[C@H](OC)/C=C/C=C(\C)C2. The molecule has 19 nitrogen and oxygen atoms in total. The first-order valence-electron chi connectivity index (χ1n) is 25.3. The predicted molar refractivity (Wildman–Crippen MR) is 264 cm³/mol. The average molecular weight is 1060 g/mol. The number of hydrogen-bond donors (Lipinski definition) is 2. The quantitative estimate of drug-likeness (QED) is 0.194. The molecule has 8 aliphatic rings. The van der Waals surface area contributed by atoms with Gasteiger partial charge in [0.05, 0.1) is 36.3 Å². The molecule has 1 aromatic carbocycles. The van der Waals surface area contributed by atoms with E-state index >= 15 is 0 Å². The number of halogens is 1. The third-order valence-corrected chi connectivity index (χ3v) is 17.7. The Balaban J connectivity index is 0.888. The van der Waals surface area contributed by atoms with Crippen molar-refractivity contribution in [2.45, 2.75) is 158 Å². The molecule has 3 unspecified atom stereocenters. The van der Waals surface area contributed by atoms with Crippen LogP contribution in [-0.2, 0) is 63.8 Å². The van der Waals surface area contributed by atoms with Gasteiger partial charge in [-0.2, -0.15) is 0 Å². The van der Waals surface area contributed by atoms with Gasteiger partial charge in [0.1, 0.15) is 40.3 Å². The summed E-state index contributed by atoms with van der Waals surface area (Å²) in [4.78, 5) is 113. The number of allylic oxidation sites excluding steroid dienone is 3. The standard InChI is InChI=1S/C52H67ClN4O15S/c1-29-8-7-9-38(68-6)52(66)25-40(70-49(65)54-52)51(3)28-50(2,72-51)39(24-43(60)55(4)35-21-32(20-29)22-36(67-5)45(35)53)69-47(63)33-16-12-31(13-17-33)27-73-37-23-44(61)56(46(37)62)26-30-10-14-34(15-11-30)48(64)71-57-41(58)18-19-42(57)59/h7-9,21-22,30-31,33-34,37-40,66H,10-20,23-28H2,1-6H3,(H,54,65)/b9-7+,29-8+/t30?,31?,33?,34?,37?,38-,39+,40?,50-,51?,52+/m1/s1. The van der Waals surface area contributed by atoms with Crippen molar-refractivity contribution in [2.24, 2.45) is 23.7 Å². The second-order valence-electron chi connectivity index (χ2n) is 21.3. The predicted octanol–water partition coefficient (Wildman–Crippen LogP) is 5.89. The summed E-state index contributed by atoms with van der Waals surface area (Å²) in [6.07, 6.45) is 6.29. The number of hydrogen-bond acceptors (Lipinski definition) is 16. The summed E-state index contributed by atoms with van der Waals surface area (Å²) in [6, 6.07) is 3.61. The molecule has 6 fully saturated rings. The van der Waals surface area contributed by atoms with E-state index in [1.54, 1.807) is 39.1 Å². The third-order valence-electron chi connectivity index (χ3n) is 15.8. The van der Waals surface area contributed by atoms with E-state index in [-0.39, 0.29) is 73.7 Å². The smallest absolute Gasteiger partial charge is 0.409 e. The van der Waals surface area contributed by atoms with E-state index in [9.17, 15) is 43.5 Å². The van der Waals surface area contributed by atoms with E-state index in [2.05, 4.69) is 5.32 Å². The molecule has 0 radical (unpaired) electrons. The Kier molecular flexibility index (Phi) is 16.4. The summed E-state index contributed by atoms with van der Waals surface area (Å²) in [5, 5.41) is 14.7. The van der Waals surface area contributed by atoms with Crippen molar-refractivity contribution >= 4 is 76.6 Å². The summed E-state index contributed by atoms with van der Waals surface area (Å²) >= 11 is 8.31. The molecule has 2 aliphatic carbocycles. The molecule has 2 saturated carbocycles. The van der Waals surface area contributed by atoms with Crippen molar-refractivity contribution in [1.29, 1.82) is 0 Å². The van der Waals surface area contributed by atoms with Crippen LogP contribution >= 0.6 is 23.4 Å². The average Bonchev–Trinajstić information content (AvgIpc) is 3.81. The first kappa shape index (κ1) is 54.2. The number of aliphatic hydroxyl groups is 1. The number of ether oxygens (including phenoxy) is 5. The molecule has 398 valence electrons. The van der Waals surface area contributed by atoms with Gasteiger partial charge in [-0.3, -0.25) is 39.0 Å². The van der Waals surface area contributed by atoms with E-state index in [1.165, 1.54) is 35.8 Å². The Morgan fingerprint density at radius 3 is 2.16 bits per heavy atom. The Bertz CT molecular complexity index is 2410. The molecule has 0 aromatic heterocycles. The maximum atomic E-state index is 14.4. The van der Waals surface area contributed by atoms with Gasteiger partial charge in [-0.05, 0) is 114 Å². The first-order chi connectivity index (χ1) is 34.6. The van der Waals surface area contributed by atoms with Gasteiger partial charge >= 0.3 is 18.0 Å².